The molecule has 0 saturated heterocycles. The number of halogens is 1. The van der Waals surface area contributed by atoms with Crippen LogP contribution in [0.25, 0.3) is 0 Å². The topological polar surface area (TPSA) is 34.1 Å². The van der Waals surface area contributed by atoms with Crippen LogP contribution in [0.2, 0.25) is 5.02 Å². The quantitative estimate of drug-likeness (QED) is 0.556. The van der Waals surface area contributed by atoms with E-state index < -0.39 is 5.72 Å². The number of ether oxygens (including phenoxy) is 2. The molecule has 2 aliphatic heterocycles. The van der Waals surface area contributed by atoms with Crippen molar-refractivity contribution in [3.63, 3.8) is 0 Å². The molecular weight excluding hydrogens is 384 g/mol. The highest BCUT2D eigenvalue weighted by molar-refractivity contribution is 6.30. The number of hydrogen-bond acceptors (Lipinski definition) is 4. The number of methoxy groups -OCH3 is 1. The van der Waals surface area contributed by atoms with Gasteiger partial charge in [-0.1, -0.05) is 41.9 Å². The molecule has 0 saturated carbocycles. The van der Waals surface area contributed by atoms with Crippen LogP contribution in [0.5, 0.6) is 11.5 Å². The van der Waals surface area contributed by atoms with Gasteiger partial charge in [0.15, 0.2) is 0 Å². The molecule has 2 unspecified atom stereocenters. The predicted octanol–water partition coefficient (Wildman–Crippen LogP) is 5.77. The summed E-state index contributed by atoms with van der Waals surface area (Å²) in [5, 5.41) is 7.84. The van der Waals surface area contributed by atoms with Gasteiger partial charge in [-0.2, -0.15) is 5.10 Å². The second-order valence-corrected chi connectivity index (χ2v) is 7.91. The number of para-hydroxylation sites is 1. The van der Waals surface area contributed by atoms with Gasteiger partial charge < -0.3 is 9.47 Å². The van der Waals surface area contributed by atoms with E-state index in [4.69, 9.17) is 26.2 Å². The number of benzene rings is 3. The molecule has 146 valence electrons. The molecular formula is C24H21ClN2O2. The minimum Gasteiger partial charge on any atom is -0.497 e. The molecule has 0 N–H and O–H groups in total. The monoisotopic (exact) mass is 404 g/mol. The maximum atomic E-state index is 6.54. The summed E-state index contributed by atoms with van der Waals surface area (Å²) in [6.45, 7) is 2.07. The molecule has 4 nitrogen and oxygen atoms in total. The van der Waals surface area contributed by atoms with Crippen LogP contribution >= 0.6 is 11.6 Å². The highest BCUT2D eigenvalue weighted by Gasteiger charge is 2.48. The third-order valence-electron chi connectivity index (χ3n) is 5.74. The van der Waals surface area contributed by atoms with Crippen molar-refractivity contribution in [3.8, 4) is 11.5 Å². The first-order valence-corrected chi connectivity index (χ1v) is 10.0. The number of nitrogens with zero attached hydrogens (tertiary/aromatic N) is 2. The molecule has 3 aromatic rings. The van der Waals surface area contributed by atoms with Gasteiger partial charge in [-0.05, 0) is 48.0 Å². The van der Waals surface area contributed by atoms with Crippen molar-refractivity contribution in [2.24, 2.45) is 5.10 Å². The Kier molecular flexibility index (Phi) is 4.25. The summed E-state index contributed by atoms with van der Waals surface area (Å²) in [6.07, 6.45) is 0.815. The zero-order valence-electron chi connectivity index (χ0n) is 16.3. The van der Waals surface area contributed by atoms with Crippen molar-refractivity contribution in [3.05, 3.63) is 94.5 Å². The van der Waals surface area contributed by atoms with Gasteiger partial charge >= 0.3 is 0 Å². The summed E-state index contributed by atoms with van der Waals surface area (Å²) in [6, 6.07) is 24.2. The highest BCUT2D eigenvalue weighted by atomic mass is 35.5. The fourth-order valence-corrected chi connectivity index (χ4v) is 4.29. The van der Waals surface area contributed by atoms with E-state index in [-0.39, 0.29) is 6.04 Å². The molecule has 0 fully saturated rings. The predicted molar refractivity (Wildman–Crippen MR) is 115 cm³/mol. The number of rotatable bonds is 3. The molecule has 2 atom stereocenters. The van der Waals surface area contributed by atoms with E-state index in [2.05, 4.69) is 36.2 Å². The largest absolute Gasteiger partial charge is 0.497 e. The molecule has 5 heteroatoms. The summed E-state index contributed by atoms with van der Waals surface area (Å²) in [5.74, 6) is 1.74. The molecule has 3 aromatic carbocycles. The van der Waals surface area contributed by atoms with Gasteiger partial charge in [0.25, 0.3) is 0 Å². The number of hydrazone groups is 1. The third-order valence-corrected chi connectivity index (χ3v) is 5.99. The Hall–Kier alpha value is -2.98. The lowest BCUT2D eigenvalue weighted by atomic mass is 9.92. The minimum atomic E-state index is -0.724. The summed E-state index contributed by atoms with van der Waals surface area (Å²) < 4.78 is 11.8. The standard InChI is InChI=1S/C24H21ClN2O2/c1-24(17-9-11-18(25)12-10-17)27-22(20-5-3-4-6-23(20)29-24)15-21(26-27)16-7-13-19(28-2)14-8-16/h3-14,22H,15H2,1-2H3. The Morgan fingerprint density at radius 1 is 1.03 bits per heavy atom. The molecule has 0 aliphatic carbocycles. The van der Waals surface area contributed by atoms with Gasteiger partial charge in [0.2, 0.25) is 5.72 Å². The van der Waals surface area contributed by atoms with Gasteiger partial charge in [0, 0.05) is 29.5 Å². The lowest BCUT2D eigenvalue weighted by Gasteiger charge is -2.46. The Bertz CT molecular complexity index is 1080. The highest BCUT2D eigenvalue weighted by Crippen LogP contribution is 2.50. The summed E-state index contributed by atoms with van der Waals surface area (Å²) in [4.78, 5) is 0. The van der Waals surface area contributed by atoms with Crippen molar-refractivity contribution in [2.75, 3.05) is 7.11 Å². The van der Waals surface area contributed by atoms with Gasteiger partial charge in [0.05, 0.1) is 18.9 Å². The van der Waals surface area contributed by atoms with E-state index in [9.17, 15) is 0 Å². The summed E-state index contributed by atoms with van der Waals surface area (Å²) in [7, 11) is 1.67. The van der Waals surface area contributed by atoms with E-state index in [1.165, 1.54) is 0 Å². The first-order chi connectivity index (χ1) is 14.1. The zero-order valence-corrected chi connectivity index (χ0v) is 17.1. The molecule has 0 amide bonds. The van der Waals surface area contributed by atoms with Crippen LogP contribution in [-0.4, -0.2) is 17.8 Å². The van der Waals surface area contributed by atoms with Gasteiger partial charge in [-0.25, -0.2) is 5.01 Å². The van der Waals surface area contributed by atoms with Crippen LogP contribution in [0.15, 0.2) is 77.9 Å². The Balaban J connectivity index is 1.61. The fourth-order valence-electron chi connectivity index (χ4n) is 4.16. The zero-order chi connectivity index (χ0) is 20.0. The third kappa shape index (κ3) is 2.95. The lowest BCUT2D eigenvalue weighted by Crippen LogP contribution is -2.48. The first-order valence-electron chi connectivity index (χ1n) is 9.64. The maximum Gasteiger partial charge on any atom is 0.221 e. The minimum absolute atomic E-state index is 0.109. The molecule has 0 radical (unpaired) electrons. The second-order valence-electron chi connectivity index (χ2n) is 7.47. The molecule has 2 heterocycles. The van der Waals surface area contributed by atoms with Crippen molar-refractivity contribution < 1.29 is 9.47 Å². The van der Waals surface area contributed by atoms with Crippen molar-refractivity contribution in [1.82, 2.24) is 5.01 Å². The fraction of sp³-hybridized carbons (Fsp3) is 0.208. The Morgan fingerprint density at radius 2 is 1.76 bits per heavy atom. The van der Waals surface area contributed by atoms with Crippen LogP contribution < -0.4 is 9.47 Å². The van der Waals surface area contributed by atoms with Crippen LogP contribution in [-0.2, 0) is 5.72 Å². The van der Waals surface area contributed by atoms with Crippen molar-refractivity contribution >= 4 is 17.3 Å². The first kappa shape index (κ1) is 18.1. The Labute approximate surface area is 175 Å². The van der Waals surface area contributed by atoms with E-state index >= 15 is 0 Å². The molecule has 0 aromatic heterocycles. The van der Waals surface area contributed by atoms with Crippen LogP contribution in [0, 0.1) is 0 Å². The maximum absolute atomic E-state index is 6.54. The summed E-state index contributed by atoms with van der Waals surface area (Å²) in [5.41, 5.74) is 3.58. The average Bonchev–Trinajstić information content (AvgIpc) is 3.21. The van der Waals surface area contributed by atoms with E-state index in [1.807, 2.05) is 48.5 Å². The molecule has 5 rings (SSSR count). The van der Waals surface area contributed by atoms with Crippen molar-refractivity contribution in [1.29, 1.82) is 0 Å². The van der Waals surface area contributed by atoms with Gasteiger partial charge in [0.1, 0.15) is 11.5 Å². The van der Waals surface area contributed by atoms with Crippen LogP contribution in [0.1, 0.15) is 36.1 Å². The second kappa shape index (κ2) is 6.82. The summed E-state index contributed by atoms with van der Waals surface area (Å²) >= 11 is 6.12. The molecule has 2 aliphatic rings. The van der Waals surface area contributed by atoms with Crippen LogP contribution in [0.3, 0.4) is 0 Å². The molecule has 0 spiro atoms. The van der Waals surface area contributed by atoms with Gasteiger partial charge in [-0.15, -0.1) is 0 Å². The lowest BCUT2D eigenvalue weighted by molar-refractivity contribution is -0.112. The van der Waals surface area contributed by atoms with E-state index in [0.717, 1.165) is 40.3 Å². The van der Waals surface area contributed by atoms with Crippen molar-refractivity contribution in [2.45, 2.75) is 25.1 Å². The average molecular weight is 405 g/mol. The van der Waals surface area contributed by atoms with Crippen LogP contribution in [0.4, 0.5) is 0 Å². The van der Waals surface area contributed by atoms with E-state index in [1.54, 1.807) is 7.11 Å². The molecule has 0 bridgehead atoms. The normalized spacial score (nSPS) is 22.4. The smallest absolute Gasteiger partial charge is 0.221 e. The van der Waals surface area contributed by atoms with Gasteiger partial charge in [-0.3, -0.25) is 0 Å². The number of fused-ring (bicyclic) bond motifs is 3. The SMILES string of the molecule is COc1ccc(C2=NN3C(C2)c2ccccc2OC3(C)c2ccc(Cl)cc2)cc1. The van der Waals surface area contributed by atoms with E-state index in [0.29, 0.717) is 5.02 Å². The molecule has 29 heavy (non-hydrogen) atoms. The Morgan fingerprint density at radius 3 is 2.48 bits per heavy atom. The number of hydrogen-bond donors (Lipinski definition) is 0.